The Morgan fingerprint density at radius 1 is 1.43 bits per heavy atom. The minimum absolute atomic E-state index is 0.118. The van der Waals surface area contributed by atoms with Crippen molar-refractivity contribution in [3.8, 4) is 0 Å². The maximum absolute atomic E-state index is 11.9. The van der Waals surface area contributed by atoms with E-state index in [1.807, 2.05) is 19.9 Å². The van der Waals surface area contributed by atoms with E-state index in [-0.39, 0.29) is 35.3 Å². The highest BCUT2D eigenvalue weighted by Crippen LogP contribution is 2.57. The highest BCUT2D eigenvalue weighted by Gasteiger charge is 2.52. The molecule has 124 valence electrons. The molecule has 0 fully saturated rings. The molecule has 4 nitrogen and oxygen atoms in total. The van der Waals surface area contributed by atoms with Crippen molar-refractivity contribution in [3.63, 3.8) is 0 Å². The summed E-state index contributed by atoms with van der Waals surface area (Å²) in [7, 11) is 0. The normalized spacial score (nSPS) is 35.9. The number of allylic oxidation sites excluding steroid dienone is 3. The van der Waals surface area contributed by atoms with Crippen molar-refractivity contribution in [3.05, 3.63) is 34.6 Å². The van der Waals surface area contributed by atoms with Crippen LogP contribution in [0.3, 0.4) is 0 Å². The Morgan fingerprint density at radius 3 is 2.78 bits per heavy atom. The summed E-state index contributed by atoms with van der Waals surface area (Å²) in [5.74, 6) is 0.597. The fraction of sp³-hybridized carbons (Fsp3) is 0.579. The van der Waals surface area contributed by atoms with Crippen LogP contribution >= 0.6 is 0 Å². The van der Waals surface area contributed by atoms with Crippen LogP contribution in [-0.2, 0) is 19.1 Å². The summed E-state index contributed by atoms with van der Waals surface area (Å²) in [5, 5.41) is 0. The van der Waals surface area contributed by atoms with E-state index in [0.717, 1.165) is 5.57 Å². The van der Waals surface area contributed by atoms with Crippen LogP contribution in [0.25, 0.3) is 0 Å². The molecule has 0 aromatic carbocycles. The summed E-state index contributed by atoms with van der Waals surface area (Å²) in [6, 6.07) is 0. The number of carbonyl (C=O) groups excluding carboxylic acids is 2. The first kappa shape index (κ1) is 16.0. The lowest BCUT2D eigenvalue weighted by molar-refractivity contribution is -0.154. The van der Waals surface area contributed by atoms with Gasteiger partial charge >= 0.3 is 11.9 Å². The topological polar surface area (TPSA) is 52.6 Å². The summed E-state index contributed by atoms with van der Waals surface area (Å²) in [4.78, 5) is 23.6. The number of esters is 2. The van der Waals surface area contributed by atoms with Crippen LogP contribution in [0.4, 0.5) is 0 Å². The molecule has 1 heterocycles. The van der Waals surface area contributed by atoms with E-state index in [1.54, 1.807) is 0 Å². The molecule has 0 aromatic rings. The second kappa shape index (κ2) is 5.36. The zero-order valence-corrected chi connectivity index (χ0v) is 14.4. The molecule has 4 heteroatoms. The third-order valence-electron chi connectivity index (χ3n) is 6.06. The molecule has 0 unspecified atom stereocenters. The predicted molar refractivity (Wildman–Crippen MR) is 86.2 cm³/mol. The van der Waals surface area contributed by atoms with E-state index in [4.69, 9.17) is 9.47 Å². The van der Waals surface area contributed by atoms with E-state index in [0.29, 0.717) is 24.2 Å². The van der Waals surface area contributed by atoms with Gasteiger partial charge in [-0.25, -0.2) is 4.79 Å². The average Bonchev–Trinajstić information content (AvgIpc) is 2.80. The van der Waals surface area contributed by atoms with E-state index in [2.05, 4.69) is 26.8 Å². The molecule has 3 rings (SSSR count). The minimum Gasteiger partial charge on any atom is -0.462 e. The Kier molecular flexibility index (Phi) is 3.74. The van der Waals surface area contributed by atoms with E-state index in [1.165, 1.54) is 5.57 Å². The lowest BCUT2D eigenvalue weighted by Gasteiger charge is -2.50. The Hall–Kier alpha value is -1.84. The largest absolute Gasteiger partial charge is 0.462 e. The molecule has 1 aliphatic heterocycles. The highest BCUT2D eigenvalue weighted by atomic mass is 16.5. The quantitative estimate of drug-likeness (QED) is 0.729. The van der Waals surface area contributed by atoms with Crippen LogP contribution in [-0.4, -0.2) is 18.0 Å². The van der Waals surface area contributed by atoms with Crippen molar-refractivity contribution in [2.75, 3.05) is 0 Å². The second-order valence-corrected chi connectivity index (χ2v) is 7.01. The lowest BCUT2D eigenvalue weighted by atomic mass is 9.55. The predicted octanol–water partition coefficient (Wildman–Crippen LogP) is 3.69. The van der Waals surface area contributed by atoms with Gasteiger partial charge in [0.05, 0.1) is 0 Å². The molecular formula is C19H24O4. The van der Waals surface area contributed by atoms with Crippen LogP contribution < -0.4 is 0 Å². The summed E-state index contributed by atoms with van der Waals surface area (Å²) in [6.07, 6.45) is 5.11. The third kappa shape index (κ3) is 2.19. The fourth-order valence-electron chi connectivity index (χ4n) is 4.19. The molecule has 0 bridgehead atoms. The van der Waals surface area contributed by atoms with Gasteiger partial charge in [-0.15, -0.1) is 0 Å². The lowest BCUT2D eigenvalue weighted by Crippen LogP contribution is -2.46. The maximum atomic E-state index is 11.9. The summed E-state index contributed by atoms with van der Waals surface area (Å²) >= 11 is 0. The molecule has 4 atom stereocenters. The number of rotatable bonds is 2. The van der Waals surface area contributed by atoms with Gasteiger partial charge in [0.25, 0.3) is 0 Å². The number of ether oxygens (including phenoxy) is 2. The monoisotopic (exact) mass is 316 g/mol. The van der Waals surface area contributed by atoms with Crippen LogP contribution in [0.15, 0.2) is 34.6 Å². The fourth-order valence-corrected chi connectivity index (χ4v) is 4.19. The Labute approximate surface area is 137 Å². The van der Waals surface area contributed by atoms with Crippen LogP contribution in [0, 0.1) is 17.3 Å². The van der Waals surface area contributed by atoms with Gasteiger partial charge in [-0.2, -0.15) is 0 Å². The first-order chi connectivity index (χ1) is 10.8. The van der Waals surface area contributed by atoms with Crippen molar-refractivity contribution in [1.29, 1.82) is 0 Å². The SMILES string of the molecule is CCC(=O)O[C@H]1CC=C2C=C3OC(=O)C(C)=C3[C@H](C)[C@]2(C)[C@H]1C. The zero-order chi connectivity index (χ0) is 16.9. The molecule has 0 N–H and O–H groups in total. The molecule has 23 heavy (non-hydrogen) atoms. The van der Waals surface area contributed by atoms with Gasteiger partial charge in [-0.05, 0) is 24.5 Å². The first-order valence-corrected chi connectivity index (χ1v) is 8.35. The average molecular weight is 316 g/mol. The molecule has 0 saturated carbocycles. The highest BCUT2D eigenvalue weighted by molar-refractivity contribution is 5.94. The van der Waals surface area contributed by atoms with Crippen molar-refractivity contribution >= 4 is 11.9 Å². The first-order valence-electron chi connectivity index (χ1n) is 8.35. The molecule has 0 saturated heterocycles. The van der Waals surface area contributed by atoms with Gasteiger partial charge in [-0.3, -0.25) is 4.79 Å². The van der Waals surface area contributed by atoms with E-state index >= 15 is 0 Å². The minimum atomic E-state index is -0.248. The Morgan fingerprint density at radius 2 is 2.13 bits per heavy atom. The molecule has 3 aliphatic rings. The Bertz CT molecular complexity index is 667. The second-order valence-electron chi connectivity index (χ2n) is 7.01. The number of carbonyl (C=O) groups is 2. The molecule has 0 radical (unpaired) electrons. The van der Waals surface area contributed by atoms with Gasteiger partial charge in [0.1, 0.15) is 11.9 Å². The van der Waals surface area contributed by atoms with Crippen LogP contribution in [0.5, 0.6) is 0 Å². The van der Waals surface area contributed by atoms with Gasteiger partial charge < -0.3 is 9.47 Å². The standard InChI is InChI=1S/C19H24O4/c1-6-16(20)22-14-8-7-13-9-15-17(10(2)18(21)23-15)12(4)19(13,5)11(14)3/h7,9,11-12,14H,6,8H2,1-5H3/t11-,12-,14-,19-/m0/s1. The van der Waals surface area contributed by atoms with Gasteiger partial charge in [-0.1, -0.05) is 33.8 Å². The van der Waals surface area contributed by atoms with Crippen molar-refractivity contribution in [2.45, 2.75) is 53.6 Å². The number of fused-ring (bicyclic) bond motifs is 2. The smallest absolute Gasteiger partial charge is 0.339 e. The third-order valence-corrected chi connectivity index (χ3v) is 6.06. The van der Waals surface area contributed by atoms with Crippen molar-refractivity contribution < 1.29 is 19.1 Å². The molecule has 0 amide bonds. The number of hydrogen-bond donors (Lipinski definition) is 0. The summed E-state index contributed by atoms with van der Waals surface area (Å²) in [5.41, 5.74) is 2.71. The van der Waals surface area contributed by atoms with Crippen LogP contribution in [0.2, 0.25) is 0 Å². The van der Waals surface area contributed by atoms with E-state index < -0.39 is 0 Å². The van der Waals surface area contributed by atoms with Gasteiger partial charge in [0.2, 0.25) is 0 Å². The molecule has 0 spiro atoms. The van der Waals surface area contributed by atoms with Crippen molar-refractivity contribution in [1.82, 2.24) is 0 Å². The van der Waals surface area contributed by atoms with Crippen LogP contribution in [0.1, 0.15) is 47.5 Å². The van der Waals surface area contributed by atoms with E-state index in [9.17, 15) is 9.59 Å². The molecular weight excluding hydrogens is 292 g/mol. The van der Waals surface area contributed by atoms with Gasteiger partial charge in [0.15, 0.2) is 0 Å². The summed E-state index contributed by atoms with van der Waals surface area (Å²) in [6.45, 7) is 10.1. The zero-order valence-electron chi connectivity index (χ0n) is 14.4. The Balaban J connectivity index is 2.03. The molecule has 2 aliphatic carbocycles. The van der Waals surface area contributed by atoms with Gasteiger partial charge in [0, 0.05) is 35.3 Å². The maximum Gasteiger partial charge on any atom is 0.339 e. The van der Waals surface area contributed by atoms with Crippen molar-refractivity contribution in [2.24, 2.45) is 17.3 Å². The molecule has 0 aromatic heterocycles. The number of hydrogen-bond acceptors (Lipinski definition) is 4. The summed E-state index contributed by atoms with van der Waals surface area (Å²) < 4.78 is 11.1.